The van der Waals surface area contributed by atoms with Gasteiger partial charge in [0.2, 0.25) is 0 Å². The lowest BCUT2D eigenvalue weighted by Gasteiger charge is -2.13. The summed E-state index contributed by atoms with van der Waals surface area (Å²) in [6.07, 6.45) is 3.51. The smallest absolute Gasteiger partial charge is 0.338 e. The highest BCUT2D eigenvalue weighted by Gasteiger charge is 2.19. The molecule has 0 aliphatic rings. The monoisotopic (exact) mass is 356 g/mol. The first-order chi connectivity index (χ1) is 12.0. The summed E-state index contributed by atoms with van der Waals surface area (Å²) >= 11 is 5.73. The van der Waals surface area contributed by atoms with Gasteiger partial charge in [-0.2, -0.15) is 0 Å². The van der Waals surface area contributed by atoms with E-state index in [9.17, 15) is 9.59 Å². The first-order valence-corrected chi connectivity index (χ1v) is 7.75. The summed E-state index contributed by atoms with van der Waals surface area (Å²) in [6.45, 7) is 1.48. The first kappa shape index (κ1) is 16.8. The van der Waals surface area contributed by atoms with Crippen molar-refractivity contribution in [2.24, 2.45) is 0 Å². The van der Waals surface area contributed by atoms with Gasteiger partial charge in [-0.25, -0.2) is 9.78 Å². The van der Waals surface area contributed by atoms with Crippen LogP contribution in [0, 0.1) is 0 Å². The predicted octanol–water partition coefficient (Wildman–Crippen LogP) is 2.86. The lowest BCUT2D eigenvalue weighted by Crippen LogP contribution is -2.30. The highest BCUT2D eigenvalue weighted by Crippen LogP contribution is 2.14. The summed E-state index contributed by atoms with van der Waals surface area (Å²) in [6, 6.07) is 7.95. The van der Waals surface area contributed by atoms with E-state index in [-0.39, 0.29) is 5.56 Å². The van der Waals surface area contributed by atoms with Crippen molar-refractivity contribution >= 4 is 40.3 Å². The van der Waals surface area contributed by atoms with E-state index in [1.807, 2.05) is 0 Å². The van der Waals surface area contributed by atoms with Crippen molar-refractivity contribution in [2.45, 2.75) is 13.0 Å². The number of carbonyl (C=O) groups excluding carboxylic acids is 2. The molecular formula is C17H13ClN4O3. The molecular weight excluding hydrogens is 344 g/mol. The van der Waals surface area contributed by atoms with Gasteiger partial charge in [-0.1, -0.05) is 11.6 Å². The molecule has 0 aliphatic heterocycles. The molecule has 0 radical (unpaired) electrons. The molecule has 2 heterocycles. The number of hydrogen-bond donors (Lipinski definition) is 1. The molecule has 1 atom stereocenters. The van der Waals surface area contributed by atoms with Gasteiger partial charge in [0, 0.05) is 18.6 Å². The van der Waals surface area contributed by atoms with Crippen LogP contribution in [0.3, 0.4) is 0 Å². The number of amides is 1. The Morgan fingerprint density at radius 2 is 1.84 bits per heavy atom. The largest absolute Gasteiger partial charge is 0.449 e. The summed E-state index contributed by atoms with van der Waals surface area (Å²) in [7, 11) is 0. The average molecular weight is 357 g/mol. The third-order valence-corrected chi connectivity index (χ3v) is 3.56. The molecule has 0 saturated carbocycles. The van der Waals surface area contributed by atoms with Crippen LogP contribution in [0.2, 0.25) is 5.02 Å². The Bertz CT molecular complexity index is 931. The molecule has 25 heavy (non-hydrogen) atoms. The molecule has 7 nitrogen and oxygen atoms in total. The van der Waals surface area contributed by atoms with E-state index in [1.165, 1.54) is 19.3 Å². The standard InChI is InChI=1S/C17H13ClN4O3/c1-10(16(23)22-15-5-3-12(18)9-21-15)25-17(24)11-2-4-13-14(8-11)20-7-6-19-13/h2-10H,1H3,(H,21,22,23)/t10-/m0/s1. The van der Waals surface area contributed by atoms with Crippen LogP contribution in [0.25, 0.3) is 11.0 Å². The Morgan fingerprint density at radius 1 is 1.08 bits per heavy atom. The average Bonchev–Trinajstić information content (AvgIpc) is 2.63. The lowest BCUT2D eigenvalue weighted by atomic mass is 10.2. The second kappa shape index (κ2) is 7.23. The van der Waals surface area contributed by atoms with Crippen LogP contribution in [0.15, 0.2) is 48.9 Å². The van der Waals surface area contributed by atoms with Crippen LogP contribution in [0.5, 0.6) is 0 Å². The lowest BCUT2D eigenvalue weighted by molar-refractivity contribution is -0.123. The van der Waals surface area contributed by atoms with Crippen molar-refractivity contribution in [3.63, 3.8) is 0 Å². The van der Waals surface area contributed by atoms with E-state index in [2.05, 4.69) is 20.3 Å². The minimum Gasteiger partial charge on any atom is -0.449 e. The van der Waals surface area contributed by atoms with Crippen LogP contribution < -0.4 is 5.32 Å². The van der Waals surface area contributed by atoms with Crippen molar-refractivity contribution in [3.05, 3.63) is 59.5 Å². The van der Waals surface area contributed by atoms with Gasteiger partial charge in [-0.15, -0.1) is 0 Å². The zero-order valence-corrected chi connectivity index (χ0v) is 13.9. The number of benzene rings is 1. The first-order valence-electron chi connectivity index (χ1n) is 7.37. The normalized spacial score (nSPS) is 11.8. The fourth-order valence-corrected chi connectivity index (χ4v) is 2.16. The van der Waals surface area contributed by atoms with Crippen LogP contribution >= 0.6 is 11.6 Å². The minimum atomic E-state index is -0.998. The number of esters is 1. The van der Waals surface area contributed by atoms with E-state index in [1.54, 1.807) is 36.5 Å². The summed E-state index contributed by atoms with van der Waals surface area (Å²) < 4.78 is 5.19. The molecule has 126 valence electrons. The summed E-state index contributed by atoms with van der Waals surface area (Å²) in [5, 5.41) is 3.00. The van der Waals surface area contributed by atoms with Crippen LogP contribution in [-0.2, 0) is 9.53 Å². The Labute approximate surface area is 148 Å². The molecule has 8 heteroatoms. The maximum absolute atomic E-state index is 12.2. The van der Waals surface area contributed by atoms with Gasteiger partial charge >= 0.3 is 5.97 Å². The van der Waals surface area contributed by atoms with E-state index in [0.717, 1.165) is 0 Å². The zero-order chi connectivity index (χ0) is 17.8. The number of fused-ring (bicyclic) bond motifs is 1. The zero-order valence-electron chi connectivity index (χ0n) is 13.1. The van der Waals surface area contributed by atoms with E-state index >= 15 is 0 Å². The predicted molar refractivity (Wildman–Crippen MR) is 92.3 cm³/mol. The van der Waals surface area contributed by atoms with Gasteiger partial charge < -0.3 is 10.1 Å². The second-order valence-corrected chi connectivity index (χ2v) is 5.59. The molecule has 3 aromatic rings. The summed E-state index contributed by atoms with van der Waals surface area (Å²) in [5.41, 5.74) is 1.52. The number of anilines is 1. The van der Waals surface area contributed by atoms with Crippen molar-refractivity contribution < 1.29 is 14.3 Å². The van der Waals surface area contributed by atoms with E-state index < -0.39 is 18.0 Å². The number of nitrogens with one attached hydrogen (secondary N) is 1. The molecule has 1 N–H and O–H groups in total. The quantitative estimate of drug-likeness (QED) is 0.722. The Kier molecular flexibility index (Phi) is 4.85. The number of halogens is 1. The van der Waals surface area contributed by atoms with Gasteiger partial charge in [0.05, 0.1) is 21.6 Å². The third-order valence-electron chi connectivity index (χ3n) is 3.34. The van der Waals surface area contributed by atoms with E-state index in [0.29, 0.717) is 21.9 Å². The number of rotatable bonds is 4. The molecule has 2 aromatic heterocycles. The molecule has 1 amide bonds. The van der Waals surface area contributed by atoms with Crippen molar-refractivity contribution in [2.75, 3.05) is 5.32 Å². The number of pyridine rings is 1. The number of hydrogen-bond acceptors (Lipinski definition) is 6. The van der Waals surface area contributed by atoms with Crippen LogP contribution in [0.1, 0.15) is 17.3 Å². The topological polar surface area (TPSA) is 94.1 Å². The number of aromatic nitrogens is 3. The molecule has 1 aromatic carbocycles. The third kappa shape index (κ3) is 4.07. The summed E-state index contributed by atoms with van der Waals surface area (Å²) in [5.74, 6) is -0.804. The van der Waals surface area contributed by atoms with Gasteiger partial charge in [0.1, 0.15) is 5.82 Å². The van der Waals surface area contributed by atoms with Gasteiger partial charge in [-0.3, -0.25) is 14.8 Å². The fraction of sp³-hybridized carbons (Fsp3) is 0.118. The SMILES string of the molecule is C[C@H](OC(=O)c1ccc2nccnc2c1)C(=O)Nc1ccc(Cl)cn1. The maximum atomic E-state index is 12.2. The van der Waals surface area contributed by atoms with Crippen LogP contribution in [-0.4, -0.2) is 32.9 Å². The Hall–Kier alpha value is -3.06. The highest BCUT2D eigenvalue weighted by atomic mass is 35.5. The number of ether oxygens (including phenoxy) is 1. The maximum Gasteiger partial charge on any atom is 0.338 e. The minimum absolute atomic E-state index is 0.289. The highest BCUT2D eigenvalue weighted by molar-refractivity contribution is 6.30. The molecule has 0 aliphatic carbocycles. The van der Waals surface area contributed by atoms with Gasteiger partial charge in [0.15, 0.2) is 6.10 Å². The van der Waals surface area contributed by atoms with Gasteiger partial charge in [-0.05, 0) is 37.3 Å². The Balaban J connectivity index is 1.66. The Morgan fingerprint density at radius 3 is 2.56 bits per heavy atom. The molecule has 0 bridgehead atoms. The number of carbonyl (C=O) groups is 2. The van der Waals surface area contributed by atoms with Crippen molar-refractivity contribution in [1.29, 1.82) is 0 Å². The molecule has 0 fully saturated rings. The van der Waals surface area contributed by atoms with Crippen molar-refractivity contribution in [1.82, 2.24) is 15.0 Å². The van der Waals surface area contributed by atoms with Crippen LogP contribution in [0.4, 0.5) is 5.82 Å². The molecule has 0 saturated heterocycles. The molecule has 3 rings (SSSR count). The summed E-state index contributed by atoms with van der Waals surface area (Å²) in [4.78, 5) is 36.5. The van der Waals surface area contributed by atoms with Crippen molar-refractivity contribution in [3.8, 4) is 0 Å². The number of nitrogens with zero attached hydrogens (tertiary/aromatic N) is 3. The molecule has 0 unspecified atom stereocenters. The fourth-order valence-electron chi connectivity index (χ4n) is 2.05. The molecule has 0 spiro atoms. The van der Waals surface area contributed by atoms with E-state index in [4.69, 9.17) is 16.3 Å². The second-order valence-electron chi connectivity index (χ2n) is 5.16. The van der Waals surface area contributed by atoms with Gasteiger partial charge in [0.25, 0.3) is 5.91 Å².